The minimum Gasteiger partial charge on any atom is -0.368 e. The maximum Gasteiger partial charge on any atom is 0.294 e. The van der Waals surface area contributed by atoms with Crippen LogP contribution in [0.2, 0.25) is 5.02 Å². The zero-order valence-electron chi connectivity index (χ0n) is 19.7. The molecule has 1 aliphatic heterocycles. The van der Waals surface area contributed by atoms with Gasteiger partial charge in [0.25, 0.3) is 17.6 Å². The summed E-state index contributed by atoms with van der Waals surface area (Å²) in [6.07, 6.45) is 2.51. The summed E-state index contributed by atoms with van der Waals surface area (Å²) in [6, 6.07) is 2.93. The molecule has 2 aliphatic rings. The number of benzene rings is 1. The highest BCUT2D eigenvalue weighted by molar-refractivity contribution is 6.48. The van der Waals surface area contributed by atoms with Crippen molar-refractivity contribution in [3.05, 3.63) is 51.8 Å². The number of hydrogen-bond acceptors (Lipinski definition) is 5. The lowest BCUT2D eigenvalue weighted by atomic mass is 9.76. The van der Waals surface area contributed by atoms with E-state index in [1.807, 2.05) is 6.92 Å². The highest BCUT2D eigenvalue weighted by atomic mass is 35.5. The van der Waals surface area contributed by atoms with Crippen molar-refractivity contribution in [3.8, 4) is 0 Å². The topological polar surface area (TPSA) is 121 Å². The largest absolute Gasteiger partial charge is 0.368 e. The number of anilines is 1. The number of hydrogen-bond donors (Lipinski definition) is 4. The summed E-state index contributed by atoms with van der Waals surface area (Å²) in [6.45, 7) is 2.25. The van der Waals surface area contributed by atoms with E-state index < -0.39 is 41.1 Å². The molecule has 0 unspecified atom stereocenters. The quantitative estimate of drug-likeness (QED) is 0.251. The van der Waals surface area contributed by atoms with Gasteiger partial charge in [0.1, 0.15) is 5.69 Å². The first-order valence-corrected chi connectivity index (χ1v) is 12.3. The van der Waals surface area contributed by atoms with E-state index in [4.69, 9.17) is 11.6 Å². The van der Waals surface area contributed by atoms with E-state index in [2.05, 4.69) is 10.6 Å². The standard InChI is InChI=1S/C25H28ClF2N3O5/c1-25(8-6-13(7-9-25)11-18(32)33)30-24(36)22(34)21-20(26)19(17-3-2-10-31(17)21)23(35)29-14-4-5-15(27)16(28)12-14/h4-5,12-13,18,32-33H,2-3,6-11H2,1H3,(H,29,35)(H,30,36)/t13-,25-. The predicted molar refractivity (Wildman–Crippen MR) is 128 cm³/mol. The summed E-state index contributed by atoms with van der Waals surface area (Å²) < 4.78 is 28.4. The van der Waals surface area contributed by atoms with E-state index in [-0.39, 0.29) is 34.3 Å². The molecule has 1 fully saturated rings. The van der Waals surface area contributed by atoms with Crippen molar-refractivity contribution in [3.63, 3.8) is 0 Å². The van der Waals surface area contributed by atoms with Crippen LogP contribution in [-0.4, -0.2) is 44.2 Å². The Balaban J connectivity index is 1.52. The Hall–Kier alpha value is -2.82. The third-order valence-electron chi connectivity index (χ3n) is 7.10. The molecule has 8 nitrogen and oxygen atoms in total. The molecule has 1 aromatic carbocycles. The Morgan fingerprint density at radius 2 is 1.89 bits per heavy atom. The Bertz CT molecular complexity index is 1200. The van der Waals surface area contributed by atoms with Crippen LogP contribution in [0.4, 0.5) is 14.5 Å². The Morgan fingerprint density at radius 1 is 1.19 bits per heavy atom. The smallest absolute Gasteiger partial charge is 0.294 e. The van der Waals surface area contributed by atoms with Gasteiger partial charge in [-0.2, -0.15) is 0 Å². The molecule has 0 saturated heterocycles. The van der Waals surface area contributed by atoms with Crippen LogP contribution in [0.1, 0.15) is 72.0 Å². The van der Waals surface area contributed by atoms with Gasteiger partial charge in [-0.15, -0.1) is 0 Å². The number of rotatable bonds is 7. The van der Waals surface area contributed by atoms with Crippen LogP contribution >= 0.6 is 11.6 Å². The second-order valence-corrected chi connectivity index (χ2v) is 10.2. The third kappa shape index (κ3) is 5.30. The van der Waals surface area contributed by atoms with Gasteiger partial charge in [-0.3, -0.25) is 14.4 Å². The normalized spacial score (nSPS) is 21.4. The Morgan fingerprint density at radius 3 is 2.53 bits per heavy atom. The van der Waals surface area contributed by atoms with Crippen LogP contribution < -0.4 is 10.6 Å². The van der Waals surface area contributed by atoms with E-state index in [0.717, 1.165) is 12.1 Å². The number of aliphatic hydroxyl groups excluding tert-OH is 1. The van der Waals surface area contributed by atoms with Gasteiger partial charge in [-0.05, 0) is 63.5 Å². The molecule has 0 bridgehead atoms. The average molecular weight is 524 g/mol. The molecule has 2 heterocycles. The van der Waals surface area contributed by atoms with E-state index in [0.29, 0.717) is 50.8 Å². The van der Waals surface area contributed by atoms with Crippen molar-refractivity contribution >= 4 is 34.9 Å². The molecule has 11 heteroatoms. The monoisotopic (exact) mass is 523 g/mol. The Kier molecular flexibility index (Phi) is 7.49. The SMILES string of the molecule is C[C@]1(NC(=O)C(=O)c2c(Cl)c(C(=O)Nc3ccc(F)c(F)c3)c3n2CCC3)CC[C@H](CC(O)O)CC1. The van der Waals surface area contributed by atoms with Crippen LogP contribution in [0.25, 0.3) is 0 Å². The molecular formula is C25H28ClF2N3O5. The average Bonchev–Trinajstić information content (AvgIpc) is 3.36. The first-order chi connectivity index (χ1) is 17.0. The minimum absolute atomic E-state index is 0.0239. The van der Waals surface area contributed by atoms with E-state index >= 15 is 0 Å². The fourth-order valence-corrected chi connectivity index (χ4v) is 5.56. The lowest BCUT2D eigenvalue weighted by Gasteiger charge is -2.38. The maximum absolute atomic E-state index is 13.6. The first kappa shape index (κ1) is 26.2. The second-order valence-electron chi connectivity index (χ2n) is 9.83. The fraction of sp³-hybridized carbons (Fsp3) is 0.480. The van der Waals surface area contributed by atoms with Crippen LogP contribution in [0, 0.1) is 17.6 Å². The second kappa shape index (κ2) is 10.3. The number of aliphatic hydroxyl groups is 2. The van der Waals surface area contributed by atoms with Gasteiger partial charge in [-0.1, -0.05) is 11.6 Å². The molecule has 2 amide bonds. The number of Topliss-reactive ketones (excluding diaryl/α,β-unsaturated/α-hetero) is 1. The Labute approximate surface area is 211 Å². The number of aromatic nitrogens is 1. The van der Waals surface area contributed by atoms with Gasteiger partial charge in [0, 0.05) is 36.0 Å². The molecule has 4 rings (SSSR count). The molecule has 36 heavy (non-hydrogen) atoms. The molecular weight excluding hydrogens is 496 g/mol. The number of fused-ring (bicyclic) bond motifs is 1. The lowest BCUT2D eigenvalue weighted by Crippen LogP contribution is -2.51. The summed E-state index contributed by atoms with van der Waals surface area (Å²) in [4.78, 5) is 39.2. The highest BCUT2D eigenvalue weighted by Gasteiger charge is 2.38. The molecule has 0 atom stereocenters. The molecule has 0 radical (unpaired) electrons. The third-order valence-corrected chi connectivity index (χ3v) is 7.47. The zero-order chi connectivity index (χ0) is 26.2. The summed E-state index contributed by atoms with van der Waals surface area (Å²) >= 11 is 6.49. The van der Waals surface area contributed by atoms with Crippen LogP contribution in [-0.2, 0) is 17.8 Å². The van der Waals surface area contributed by atoms with Crippen LogP contribution in [0.5, 0.6) is 0 Å². The van der Waals surface area contributed by atoms with E-state index in [9.17, 15) is 33.4 Å². The number of nitrogens with zero attached hydrogens (tertiary/aromatic N) is 1. The van der Waals surface area contributed by atoms with Crippen molar-refractivity contribution in [1.29, 1.82) is 0 Å². The van der Waals surface area contributed by atoms with Crippen LogP contribution in [0.15, 0.2) is 18.2 Å². The number of amides is 2. The van der Waals surface area contributed by atoms with Crippen molar-refractivity contribution in [1.82, 2.24) is 9.88 Å². The summed E-state index contributed by atoms with van der Waals surface area (Å²) in [5.74, 6) is -4.42. The molecule has 4 N–H and O–H groups in total. The van der Waals surface area contributed by atoms with Gasteiger partial charge >= 0.3 is 0 Å². The molecule has 2 aromatic rings. The predicted octanol–water partition coefficient (Wildman–Crippen LogP) is 3.57. The van der Waals surface area contributed by atoms with Crippen molar-refractivity contribution < 1.29 is 33.4 Å². The number of carbonyl (C=O) groups excluding carboxylic acids is 3. The van der Waals surface area contributed by atoms with Crippen molar-refractivity contribution in [2.45, 2.75) is 70.2 Å². The van der Waals surface area contributed by atoms with Crippen molar-refractivity contribution in [2.75, 3.05) is 5.32 Å². The molecule has 1 aliphatic carbocycles. The fourth-order valence-electron chi connectivity index (χ4n) is 5.18. The number of carbonyl (C=O) groups is 3. The maximum atomic E-state index is 13.6. The number of halogens is 3. The molecule has 1 aromatic heterocycles. The number of ketones is 1. The van der Waals surface area contributed by atoms with E-state index in [1.165, 1.54) is 6.07 Å². The van der Waals surface area contributed by atoms with E-state index in [1.54, 1.807) is 4.57 Å². The molecule has 194 valence electrons. The molecule has 1 saturated carbocycles. The zero-order valence-corrected chi connectivity index (χ0v) is 20.5. The van der Waals surface area contributed by atoms with Gasteiger partial charge in [0.15, 0.2) is 17.9 Å². The number of nitrogens with one attached hydrogen (secondary N) is 2. The summed E-state index contributed by atoms with van der Waals surface area (Å²) in [5.41, 5.74) is -0.146. The molecule has 0 spiro atoms. The van der Waals surface area contributed by atoms with Gasteiger partial charge < -0.3 is 25.4 Å². The van der Waals surface area contributed by atoms with Gasteiger partial charge in [0.2, 0.25) is 0 Å². The lowest BCUT2D eigenvalue weighted by molar-refractivity contribution is -0.119. The van der Waals surface area contributed by atoms with Crippen molar-refractivity contribution in [2.24, 2.45) is 5.92 Å². The highest BCUT2D eigenvalue weighted by Crippen LogP contribution is 2.36. The summed E-state index contributed by atoms with van der Waals surface area (Å²) in [7, 11) is 0. The minimum atomic E-state index is -1.37. The van der Waals surface area contributed by atoms with Gasteiger partial charge in [-0.25, -0.2) is 8.78 Å². The van der Waals surface area contributed by atoms with Gasteiger partial charge in [0.05, 0.1) is 10.6 Å². The first-order valence-electron chi connectivity index (χ1n) is 11.9. The summed E-state index contributed by atoms with van der Waals surface area (Å²) in [5, 5.41) is 23.5. The van der Waals surface area contributed by atoms with Crippen LogP contribution in [0.3, 0.4) is 0 Å².